The van der Waals surface area contributed by atoms with Crippen LogP contribution in [0.4, 0.5) is 11.4 Å². The van der Waals surface area contributed by atoms with E-state index in [2.05, 4.69) is 26.2 Å². The van der Waals surface area contributed by atoms with Crippen LogP contribution in [0.25, 0.3) is 10.9 Å². The van der Waals surface area contributed by atoms with Crippen LogP contribution in [-0.2, 0) is 4.74 Å². The Morgan fingerprint density at radius 3 is 3.00 bits per heavy atom. The fourth-order valence-electron chi connectivity index (χ4n) is 2.61. The Bertz CT molecular complexity index is 626. The molecular formula is C15H18BrN3O. The molecule has 0 spiro atoms. The van der Waals surface area contributed by atoms with Crippen LogP contribution < -0.4 is 11.1 Å². The van der Waals surface area contributed by atoms with Gasteiger partial charge in [-0.25, -0.2) is 0 Å². The molecule has 3 N–H and O–H groups in total. The number of fused-ring (bicyclic) bond motifs is 1. The number of benzene rings is 1. The molecule has 1 aromatic carbocycles. The first-order chi connectivity index (χ1) is 9.67. The van der Waals surface area contributed by atoms with Crippen LogP contribution in [0.15, 0.2) is 28.9 Å². The lowest BCUT2D eigenvalue weighted by molar-refractivity contribution is 0.00301. The van der Waals surface area contributed by atoms with Gasteiger partial charge in [0.2, 0.25) is 0 Å². The number of ether oxygens (including phenoxy) is 1. The van der Waals surface area contributed by atoms with Gasteiger partial charge in [0.1, 0.15) is 0 Å². The van der Waals surface area contributed by atoms with Gasteiger partial charge in [-0.3, -0.25) is 4.98 Å². The summed E-state index contributed by atoms with van der Waals surface area (Å²) in [7, 11) is 0. The predicted molar refractivity (Wildman–Crippen MR) is 85.9 cm³/mol. The monoisotopic (exact) mass is 335 g/mol. The second-order valence-corrected chi connectivity index (χ2v) is 6.06. The van der Waals surface area contributed by atoms with Gasteiger partial charge in [0.15, 0.2) is 0 Å². The number of anilines is 2. The van der Waals surface area contributed by atoms with E-state index >= 15 is 0 Å². The molecule has 20 heavy (non-hydrogen) atoms. The van der Waals surface area contributed by atoms with E-state index in [1.807, 2.05) is 25.1 Å². The highest BCUT2D eigenvalue weighted by Gasteiger charge is 2.29. The van der Waals surface area contributed by atoms with Crippen LogP contribution in [0.1, 0.15) is 19.8 Å². The number of hydrogen-bond acceptors (Lipinski definition) is 4. The van der Waals surface area contributed by atoms with Crippen LogP contribution in [0.2, 0.25) is 0 Å². The summed E-state index contributed by atoms with van der Waals surface area (Å²) in [6.45, 7) is 2.83. The van der Waals surface area contributed by atoms with Gasteiger partial charge in [-0.15, -0.1) is 0 Å². The van der Waals surface area contributed by atoms with Crippen LogP contribution >= 0.6 is 15.9 Å². The molecule has 1 saturated carbocycles. The molecule has 1 aromatic heterocycles. The normalized spacial score (nSPS) is 21.7. The SMILES string of the molecule is CCOC1CC(Nc2ccc(N)c3cc(Br)cnc23)C1. The Balaban J connectivity index is 1.81. The van der Waals surface area contributed by atoms with E-state index in [4.69, 9.17) is 10.5 Å². The Labute approximate surface area is 126 Å². The van der Waals surface area contributed by atoms with Crippen molar-refractivity contribution in [1.82, 2.24) is 4.98 Å². The van der Waals surface area contributed by atoms with Gasteiger partial charge < -0.3 is 15.8 Å². The topological polar surface area (TPSA) is 60.2 Å². The van der Waals surface area contributed by atoms with Crippen molar-refractivity contribution in [2.75, 3.05) is 17.7 Å². The van der Waals surface area contributed by atoms with Crippen molar-refractivity contribution in [3.63, 3.8) is 0 Å². The maximum absolute atomic E-state index is 6.02. The van der Waals surface area contributed by atoms with E-state index < -0.39 is 0 Å². The summed E-state index contributed by atoms with van der Waals surface area (Å²) >= 11 is 3.44. The van der Waals surface area contributed by atoms with Gasteiger partial charge in [-0.1, -0.05) is 0 Å². The molecule has 1 aliphatic carbocycles. The fourth-order valence-corrected chi connectivity index (χ4v) is 2.94. The summed E-state index contributed by atoms with van der Waals surface area (Å²) in [4.78, 5) is 4.49. The standard InChI is InChI=1S/C15H18BrN3O/c1-2-20-11-6-10(7-11)19-14-4-3-13(17)12-5-9(16)8-18-15(12)14/h3-5,8,10-11,19H,2,6-7,17H2,1H3. The number of nitrogens with two attached hydrogens (primary N) is 1. The molecule has 3 rings (SSSR count). The smallest absolute Gasteiger partial charge is 0.0954 e. The molecular weight excluding hydrogens is 318 g/mol. The average Bonchev–Trinajstić information content (AvgIpc) is 2.39. The van der Waals surface area contributed by atoms with Gasteiger partial charge in [-0.05, 0) is 53.9 Å². The van der Waals surface area contributed by atoms with Crippen molar-refractivity contribution in [2.24, 2.45) is 0 Å². The number of nitrogens with one attached hydrogen (secondary N) is 1. The highest BCUT2D eigenvalue weighted by Crippen LogP contribution is 2.32. The second kappa shape index (κ2) is 5.58. The highest BCUT2D eigenvalue weighted by atomic mass is 79.9. The zero-order chi connectivity index (χ0) is 14.1. The average molecular weight is 336 g/mol. The molecule has 106 valence electrons. The third-order valence-corrected chi connectivity index (χ3v) is 4.14. The van der Waals surface area contributed by atoms with E-state index in [9.17, 15) is 0 Å². The summed E-state index contributed by atoms with van der Waals surface area (Å²) in [5, 5.41) is 4.52. The van der Waals surface area contributed by atoms with Crippen molar-refractivity contribution in [2.45, 2.75) is 31.9 Å². The molecule has 0 atom stereocenters. The minimum absolute atomic E-state index is 0.402. The zero-order valence-corrected chi connectivity index (χ0v) is 13.0. The van der Waals surface area contributed by atoms with Gasteiger partial charge in [0, 0.05) is 34.4 Å². The molecule has 4 nitrogen and oxygen atoms in total. The third-order valence-electron chi connectivity index (χ3n) is 3.71. The Morgan fingerprint density at radius 1 is 1.45 bits per heavy atom. The fraction of sp³-hybridized carbons (Fsp3) is 0.400. The van der Waals surface area contributed by atoms with E-state index in [0.717, 1.165) is 46.2 Å². The third kappa shape index (κ3) is 2.60. The first-order valence-electron chi connectivity index (χ1n) is 6.89. The largest absolute Gasteiger partial charge is 0.398 e. The van der Waals surface area contributed by atoms with Gasteiger partial charge in [0.25, 0.3) is 0 Å². The molecule has 0 bridgehead atoms. The van der Waals surface area contributed by atoms with E-state index in [1.54, 1.807) is 6.20 Å². The first kappa shape index (κ1) is 13.6. The molecule has 1 heterocycles. The number of pyridine rings is 1. The molecule has 1 fully saturated rings. The van der Waals surface area contributed by atoms with Crippen molar-refractivity contribution in [3.05, 3.63) is 28.9 Å². The lowest BCUT2D eigenvalue weighted by Crippen LogP contribution is -2.40. The van der Waals surface area contributed by atoms with Crippen molar-refractivity contribution in [1.29, 1.82) is 0 Å². The maximum Gasteiger partial charge on any atom is 0.0954 e. The van der Waals surface area contributed by atoms with Crippen LogP contribution in [0.3, 0.4) is 0 Å². The van der Waals surface area contributed by atoms with Crippen LogP contribution in [0.5, 0.6) is 0 Å². The van der Waals surface area contributed by atoms with Crippen LogP contribution in [0, 0.1) is 0 Å². The molecule has 0 aliphatic heterocycles. The number of nitrogen functional groups attached to an aromatic ring is 1. The summed E-state index contributed by atoms with van der Waals surface area (Å²) < 4.78 is 6.53. The lowest BCUT2D eigenvalue weighted by atomic mass is 9.89. The summed E-state index contributed by atoms with van der Waals surface area (Å²) in [6.07, 6.45) is 4.31. The summed E-state index contributed by atoms with van der Waals surface area (Å²) in [5.41, 5.74) is 8.74. The number of rotatable bonds is 4. The van der Waals surface area contributed by atoms with E-state index in [0.29, 0.717) is 12.1 Å². The molecule has 2 aromatic rings. The molecule has 0 amide bonds. The van der Waals surface area contributed by atoms with Crippen molar-refractivity contribution in [3.8, 4) is 0 Å². The van der Waals surface area contributed by atoms with Crippen molar-refractivity contribution < 1.29 is 4.74 Å². The first-order valence-corrected chi connectivity index (χ1v) is 7.68. The van der Waals surface area contributed by atoms with Gasteiger partial charge in [-0.2, -0.15) is 0 Å². The lowest BCUT2D eigenvalue weighted by Gasteiger charge is -2.36. The number of halogens is 1. The van der Waals surface area contributed by atoms with Crippen molar-refractivity contribution >= 4 is 38.2 Å². The van der Waals surface area contributed by atoms with Gasteiger partial charge >= 0.3 is 0 Å². The number of nitrogens with zero attached hydrogens (tertiary/aromatic N) is 1. The molecule has 0 saturated heterocycles. The van der Waals surface area contributed by atoms with Crippen LogP contribution in [-0.4, -0.2) is 23.7 Å². The second-order valence-electron chi connectivity index (χ2n) is 5.14. The van der Waals surface area contributed by atoms with Gasteiger partial charge in [0.05, 0.1) is 17.3 Å². The molecule has 5 heteroatoms. The zero-order valence-electron chi connectivity index (χ0n) is 11.4. The predicted octanol–water partition coefficient (Wildman–Crippen LogP) is 3.56. The van der Waals surface area contributed by atoms with E-state index in [-0.39, 0.29) is 0 Å². The number of hydrogen-bond donors (Lipinski definition) is 2. The Hall–Kier alpha value is -1.33. The number of aromatic nitrogens is 1. The Morgan fingerprint density at radius 2 is 2.25 bits per heavy atom. The minimum Gasteiger partial charge on any atom is -0.398 e. The quantitative estimate of drug-likeness (QED) is 0.838. The summed E-state index contributed by atoms with van der Waals surface area (Å²) in [5.74, 6) is 0. The molecule has 1 aliphatic rings. The Kier molecular flexibility index (Phi) is 3.81. The summed E-state index contributed by atoms with van der Waals surface area (Å²) in [6, 6.07) is 6.40. The highest BCUT2D eigenvalue weighted by molar-refractivity contribution is 9.10. The minimum atomic E-state index is 0.402. The van der Waals surface area contributed by atoms with E-state index in [1.165, 1.54) is 0 Å². The molecule has 0 unspecified atom stereocenters. The maximum atomic E-state index is 6.02. The molecule has 0 radical (unpaired) electrons.